The standard InChI is InChI=1S/C15H28N2O3.ClH/c1-15(2,9-6-14(19)20-3)17-13(18)5-4-12-7-10-16-11-8-12;/h12,16H,4-11H2,1-3H3,(H,17,18);1H. The molecule has 0 aromatic heterocycles. The number of hydrogen-bond acceptors (Lipinski definition) is 4. The van der Waals surface area contributed by atoms with E-state index in [9.17, 15) is 9.59 Å². The smallest absolute Gasteiger partial charge is 0.305 e. The van der Waals surface area contributed by atoms with Crippen molar-refractivity contribution in [3.8, 4) is 0 Å². The number of carbonyl (C=O) groups excluding carboxylic acids is 2. The molecule has 0 atom stereocenters. The molecule has 6 heteroatoms. The molecule has 0 radical (unpaired) electrons. The molecule has 0 saturated carbocycles. The summed E-state index contributed by atoms with van der Waals surface area (Å²) in [4.78, 5) is 23.1. The Morgan fingerprint density at radius 1 is 1.24 bits per heavy atom. The average Bonchev–Trinajstić information content (AvgIpc) is 2.43. The van der Waals surface area contributed by atoms with Gasteiger partial charge in [0.15, 0.2) is 0 Å². The Morgan fingerprint density at radius 2 is 1.86 bits per heavy atom. The minimum absolute atomic E-state index is 0. The number of piperidine rings is 1. The largest absolute Gasteiger partial charge is 0.469 e. The van der Waals surface area contributed by atoms with Gasteiger partial charge in [0.1, 0.15) is 0 Å². The molecule has 1 aliphatic rings. The Morgan fingerprint density at radius 3 is 2.43 bits per heavy atom. The van der Waals surface area contributed by atoms with Gasteiger partial charge < -0.3 is 15.4 Å². The number of methoxy groups -OCH3 is 1. The van der Waals surface area contributed by atoms with Crippen LogP contribution in [-0.2, 0) is 14.3 Å². The fourth-order valence-corrected chi connectivity index (χ4v) is 2.52. The molecule has 0 spiro atoms. The third kappa shape index (κ3) is 8.94. The number of nitrogens with one attached hydrogen (secondary N) is 2. The first-order chi connectivity index (χ1) is 9.43. The van der Waals surface area contributed by atoms with Crippen molar-refractivity contribution in [3.63, 3.8) is 0 Å². The van der Waals surface area contributed by atoms with Gasteiger partial charge in [0.25, 0.3) is 0 Å². The van der Waals surface area contributed by atoms with Crippen molar-refractivity contribution in [1.29, 1.82) is 0 Å². The summed E-state index contributed by atoms with van der Waals surface area (Å²) in [6.07, 6.45) is 4.79. The highest BCUT2D eigenvalue weighted by Gasteiger charge is 2.22. The first-order valence-electron chi connectivity index (χ1n) is 7.51. The molecule has 0 aliphatic carbocycles. The summed E-state index contributed by atoms with van der Waals surface area (Å²) in [6.45, 7) is 6.02. The molecular formula is C15H29ClN2O3. The van der Waals surface area contributed by atoms with Crippen LogP contribution in [0.3, 0.4) is 0 Å². The lowest BCUT2D eigenvalue weighted by Gasteiger charge is -2.27. The van der Waals surface area contributed by atoms with E-state index in [0.717, 1.165) is 19.5 Å². The van der Waals surface area contributed by atoms with E-state index in [1.54, 1.807) is 0 Å². The molecule has 1 aliphatic heterocycles. The normalized spacial score (nSPS) is 16.0. The van der Waals surface area contributed by atoms with Gasteiger partial charge in [0, 0.05) is 18.4 Å². The summed E-state index contributed by atoms with van der Waals surface area (Å²) in [5, 5.41) is 6.34. The monoisotopic (exact) mass is 320 g/mol. The number of hydrogen-bond donors (Lipinski definition) is 2. The van der Waals surface area contributed by atoms with Crippen LogP contribution in [0.1, 0.15) is 52.4 Å². The van der Waals surface area contributed by atoms with Crippen molar-refractivity contribution in [2.24, 2.45) is 5.92 Å². The van der Waals surface area contributed by atoms with Crippen LogP contribution in [0.15, 0.2) is 0 Å². The van der Waals surface area contributed by atoms with E-state index in [4.69, 9.17) is 0 Å². The van der Waals surface area contributed by atoms with E-state index >= 15 is 0 Å². The van der Waals surface area contributed by atoms with E-state index in [-0.39, 0.29) is 29.8 Å². The zero-order valence-electron chi connectivity index (χ0n) is 13.4. The van der Waals surface area contributed by atoms with Crippen molar-refractivity contribution in [1.82, 2.24) is 10.6 Å². The van der Waals surface area contributed by atoms with Crippen molar-refractivity contribution < 1.29 is 14.3 Å². The SMILES string of the molecule is COC(=O)CCC(C)(C)NC(=O)CCC1CCNCC1.Cl. The Hall–Kier alpha value is -0.810. The van der Waals surface area contributed by atoms with Crippen LogP contribution in [0, 0.1) is 5.92 Å². The molecule has 2 N–H and O–H groups in total. The minimum Gasteiger partial charge on any atom is -0.469 e. The van der Waals surface area contributed by atoms with Gasteiger partial charge in [-0.05, 0) is 58.5 Å². The molecule has 5 nitrogen and oxygen atoms in total. The maximum atomic E-state index is 12.0. The number of rotatable bonds is 7. The molecular weight excluding hydrogens is 292 g/mol. The van der Waals surface area contributed by atoms with Crippen molar-refractivity contribution in [2.75, 3.05) is 20.2 Å². The summed E-state index contributed by atoms with van der Waals surface area (Å²) in [5.41, 5.74) is -0.362. The molecule has 0 aromatic carbocycles. The lowest BCUT2D eigenvalue weighted by Crippen LogP contribution is -2.43. The number of ether oxygens (including phenoxy) is 1. The molecule has 124 valence electrons. The summed E-state index contributed by atoms with van der Waals surface area (Å²) in [5.74, 6) is 0.514. The topological polar surface area (TPSA) is 67.4 Å². The van der Waals surface area contributed by atoms with Crippen LogP contribution >= 0.6 is 12.4 Å². The Kier molecular flexibility index (Phi) is 9.62. The number of amides is 1. The van der Waals surface area contributed by atoms with Crippen LogP contribution in [0.25, 0.3) is 0 Å². The molecule has 0 unspecified atom stereocenters. The maximum Gasteiger partial charge on any atom is 0.305 e. The number of carbonyl (C=O) groups is 2. The van der Waals surface area contributed by atoms with Crippen molar-refractivity contribution in [2.45, 2.75) is 57.9 Å². The fraction of sp³-hybridized carbons (Fsp3) is 0.867. The summed E-state index contributed by atoms with van der Waals surface area (Å²) in [6, 6.07) is 0. The van der Waals surface area contributed by atoms with Crippen molar-refractivity contribution in [3.05, 3.63) is 0 Å². The zero-order chi connectivity index (χ0) is 15.0. The molecule has 1 saturated heterocycles. The van der Waals surface area contributed by atoms with E-state index in [1.807, 2.05) is 13.8 Å². The molecule has 1 rings (SSSR count). The highest BCUT2D eigenvalue weighted by atomic mass is 35.5. The Labute approximate surface area is 134 Å². The Balaban J connectivity index is 0.00000400. The van der Waals surface area contributed by atoms with Gasteiger partial charge in [0.05, 0.1) is 7.11 Å². The number of esters is 1. The van der Waals surface area contributed by atoms with E-state index in [2.05, 4.69) is 15.4 Å². The molecule has 21 heavy (non-hydrogen) atoms. The average molecular weight is 321 g/mol. The van der Waals surface area contributed by atoms with E-state index in [0.29, 0.717) is 25.2 Å². The second kappa shape index (κ2) is 10.0. The first kappa shape index (κ1) is 20.2. The molecule has 0 aromatic rings. The predicted molar refractivity (Wildman–Crippen MR) is 85.5 cm³/mol. The van der Waals surface area contributed by atoms with Gasteiger partial charge in [-0.2, -0.15) is 0 Å². The van der Waals surface area contributed by atoms with Gasteiger partial charge in [-0.3, -0.25) is 9.59 Å². The summed E-state index contributed by atoms with van der Waals surface area (Å²) < 4.78 is 4.62. The van der Waals surface area contributed by atoms with E-state index < -0.39 is 0 Å². The lowest BCUT2D eigenvalue weighted by atomic mass is 9.92. The second-order valence-corrected chi connectivity index (χ2v) is 6.24. The van der Waals surface area contributed by atoms with E-state index in [1.165, 1.54) is 20.0 Å². The summed E-state index contributed by atoms with van der Waals surface area (Å²) >= 11 is 0. The van der Waals surface area contributed by atoms with Crippen LogP contribution in [0.2, 0.25) is 0 Å². The van der Waals surface area contributed by atoms with Gasteiger partial charge in [-0.15, -0.1) is 12.4 Å². The molecule has 1 amide bonds. The highest BCUT2D eigenvalue weighted by Crippen LogP contribution is 2.18. The van der Waals surface area contributed by atoms with Crippen LogP contribution < -0.4 is 10.6 Å². The fourth-order valence-electron chi connectivity index (χ4n) is 2.52. The highest BCUT2D eigenvalue weighted by molar-refractivity contribution is 5.85. The maximum absolute atomic E-state index is 12.0. The van der Waals surface area contributed by atoms with Gasteiger partial charge >= 0.3 is 5.97 Å². The van der Waals surface area contributed by atoms with Crippen LogP contribution in [0.4, 0.5) is 0 Å². The van der Waals surface area contributed by atoms with Gasteiger partial charge in [0.2, 0.25) is 5.91 Å². The third-order valence-corrected chi connectivity index (χ3v) is 3.90. The third-order valence-electron chi connectivity index (χ3n) is 3.90. The second-order valence-electron chi connectivity index (χ2n) is 6.24. The van der Waals surface area contributed by atoms with Gasteiger partial charge in [-0.1, -0.05) is 0 Å². The molecule has 1 heterocycles. The Bertz CT molecular complexity index is 329. The predicted octanol–water partition coefficient (Wildman–Crippen LogP) is 2.04. The molecule has 0 bridgehead atoms. The summed E-state index contributed by atoms with van der Waals surface area (Å²) in [7, 11) is 1.38. The van der Waals surface area contributed by atoms with Crippen LogP contribution in [-0.4, -0.2) is 37.6 Å². The number of halogens is 1. The zero-order valence-corrected chi connectivity index (χ0v) is 14.2. The first-order valence-corrected chi connectivity index (χ1v) is 7.51. The quantitative estimate of drug-likeness (QED) is 0.704. The van der Waals surface area contributed by atoms with Gasteiger partial charge in [-0.25, -0.2) is 0 Å². The molecule has 1 fully saturated rings. The van der Waals surface area contributed by atoms with Crippen molar-refractivity contribution >= 4 is 24.3 Å². The lowest BCUT2D eigenvalue weighted by molar-refractivity contribution is -0.141. The minimum atomic E-state index is -0.362. The van der Waals surface area contributed by atoms with Crippen LogP contribution in [0.5, 0.6) is 0 Å².